The van der Waals surface area contributed by atoms with Crippen molar-refractivity contribution in [2.45, 2.75) is 33.4 Å². The number of aromatic nitrogens is 5. The van der Waals surface area contributed by atoms with E-state index in [2.05, 4.69) is 55.6 Å². The van der Waals surface area contributed by atoms with Gasteiger partial charge in [0.25, 0.3) is 0 Å². The molecule has 0 fully saturated rings. The second-order valence-corrected chi connectivity index (χ2v) is 6.79. The topological polar surface area (TPSA) is 71.8 Å². The van der Waals surface area contributed by atoms with Crippen LogP contribution in [0.25, 0.3) is 11.4 Å². The lowest BCUT2D eigenvalue weighted by atomic mass is 10.1. The number of fused-ring (bicyclic) bond motifs is 5. The van der Waals surface area contributed by atoms with Gasteiger partial charge in [-0.3, -0.25) is 0 Å². The van der Waals surface area contributed by atoms with E-state index in [4.69, 9.17) is 0 Å². The van der Waals surface area contributed by atoms with Crippen molar-refractivity contribution < 1.29 is 0 Å². The first kappa shape index (κ1) is 15.1. The number of anilines is 1. The monoisotopic (exact) mass is 345 g/mol. The molecular weight excluding hydrogens is 326 g/mol. The van der Waals surface area contributed by atoms with Gasteiger partial charge in [-0.25, -0.2) is 14.6 Å². The van der Waals surface area contributed by atoms with E-state index in [0.29, 0.717) is 0 Å². The summed E-state index contributed by atoms with van der Waals surface area (Å²) in [7, 11) is 0. The Hall–Kier alpha value is -3.22. The van der Waals surface area contributed by atoms with Crippen molar-refractivity contribution in [1.29, 1.82) is 0 Å². The van der Waals surface area contributed by atoms with Crippen molar-refractivity contribution in [3.63, 3.8) is 0 Å². The maximum absolute atomic E-state index is 4.54. The summed E-state index contributed by atoms with van der Waals surface area (Å²) in [5.41, 5.74) is 7.35. The van der Waals surface area contributed by atoms with Gasteiger partial charge in [0.1, 0.15) is 11.9 Å². The average molecular weight is 345 g/mol. The predicted molar refractivity (Wildman–Crippen MR) is 98.6 cm³/mol. The van der Waals surface area contributed by atoms with E-state index in [9.17, 15) is 0 Å². The van der Waals surface area contributed by atoms with Crippen molar-refractivity contribution in [2.24, 2.45) is 0 Å². The van der Waals surface area contributed by atoms with Gasteiger partial charge >= 0.3 is 0 Å². The molecule has 26 heavy (non-hydrogen) atoms. The Kier molecular flexibility index (Phi) is 3.12. The van der Waals surface area contributed by atoms with E-state index in [1.807, 2.05) is 37.0 Å². The maximum Gasteiger partial charge on any atom is 0.177 e. The van der Waals surface area contributed by atoms with Gasteiger partial charge in [0.05, 0.1) is 28.5 Å². The van der Waals surface area contributed by atoms with E-state index in [1.165, 1.54) is 0 Å². The lowest BCUT2D eigenvalue weighted by molar-refractivity contribution is 0.677. The van der Waals surface area contributed by atoms with Crippen LogP contribution >= 0.6 is 0 Å². The Labute approximate surface area is 151 Å². The molecule has 7 heteroatoms. The molecule has 0 amide bonds. The summed E-state index contributed by atoms with van der Waals surface area (Å²) in [5.74, 6) is 0.719. The van der Waals surface area contributed by atoms with E-state index >= 15 is 0 Å². The van der Waals surface area contributed by atoms with Crippen molar-refractivity contribution >= 4 is 11.4 Å². The van der Waals surface area contributed by atoms with Crippen LogP contribution in [0.5, 0.6) is 0 Å². The molecule has 7 nitrogen and oxygen atoms in total. The Morgan fingerprint density at radius 3 is 2.58 bits per heavy atom. The average Bonchev–Trinajstić information content (AvgIpc) is 3.12. The van der Waals surface area contributed by atoms with Crippen molar-refractivity contribution in [3.8, 4) is 5.69 Å². The zero-order chi connectivity index (χ0) is 17.8. The molecule has 4 heterocycles. The number of hydrogen-bond acceptors (Lipinski definition) is 6. The lowest BCUT2D eigenvalue weighted by Crippen LogP contribution is -2.34. The summed E-state index contributed by atoms with van der Waals surface area (Å²) < 4.78 is 1.95. The quantitative estimate of drug-likeness (QED) is 0.730. The first-order valence-corrected chi connectivity index (χ1v) is 8.72. The predicted octanol–water partition coefficient (Wildman–Crippen LogP) is 2.35. The van der Waals surface area contributed by atoms with Crippen molar-refractivity contribution in [3.05, 3.63) is 65.1 Å². The highest BCUT2D eigenvalue weighted by Gasteiger charge is 2.36. The molecule has 0 radical (unpaired) electrons. The zero-order valence-corrected chi connectivity index (χ0v) is 14.9. The highest BCUT2D eigenvalue weighted by Crippen LogP contribution is 2.39. The molecule has 2 aromatic heterocycles. The maximum atomic E-state index is 4.54. The summed E-state index contributed by atoms with van der Waals surface area (Å²) in [5, 5.41) is 12.3. The molecule has 1 N–H and O–H groups in total. The number of para-hydroxylation sites is 2. The van der Waals surface area contributed by atoms with Crippen molar-refractivity contribution in [1.82, 2.24) is 30.3 Å². The molecule has 0 bridgehead atoms. The molecule has 130 valence electrons. The number of aryl methyl sites for hydroxylation is 2. The fourth-order valence-electron chi connectivity index (χ4n) is 3.73. The minimum Gasteiger partial charge on any atom is -0.361 e. The third kappa shape index (κ3) is 2.06. The normalized spacial score (nSPS) is 18.1. The zero-order valence-electron chi connectivity index (χ0n) is 14.9. The van der Waals surface area contributed by atoms with Crippen LogP contribution in [0, 0.1) is 13.8 Å². The summed E-state index contributed by atoms with van der Waals surface area (Å²) in [4.78, 5) is 11.4. The van der Waals surface area contributed by atoms with Crippen LogP contribution in [0.4, 0.5) is 5.69 Å². The van der Waals surface area contributed by atoms with Gasteiger partial charge in [0.15, 0.2) is 5.82 Å². The molecule has 1 unspecified atom stereocenters. The highest BCUT2D eigenvalue weighted by atomic mass is 15.5. The van der Waals surface area contributed by atoms with Crippen LogP contribution in [-0.2, 0) is 6.42 Å². The Balaban J connectivity index is 1.78. The second kappa shape index (κ2) is 5.39. The number of nitrogens with one attached hydrogen (secondary N) is 1. The molecule has 1 aromatic carbocycles. The van der Waals surface area contributed by atoms with Gasteiger partial charge in [0.2, 0.25) is 0 Å². The molecule has 2 aliphatic heterocycles. The number of nitrogens with zero attached hydrogens (tertiary/aromatic N) is 6. The molecule has 0 aliphatic carbocycles. The van der Waals surface area contributed by atoms with E-state index in [0.717, 1.165) is 52.0 Å². The third-order valence-electron chi connectivity index (χ3n) is 4.99. The number of rotatable bonds is 1. The smallest absolute Gasteiger partial charge is 0.177 e. The van der Waals surface area contributed by atoms with Crippen LogP contribution in [0.2, 0.25) is 0 Å². The molecule has 3 aromatic rings. The highest BCUT2D eigenvalue weighted by molar-refractivity contribution is 5.78. The van der Waals surface area contributed by atoms with Gasteiger partial charge in [-0.1, -0.05) is 17.3 Å². The van der Waals surface area contributed by atoms with Gasteiger partial charge in [0, 0.05) is 18.8 Å². The lowest BCUT2D eigenvalue weighted by Gasteiger charge is -2.26. The Morgan fingerprint density at radius 1 is 1.08 bits per heavy atom. The fraction of sp³-hybridized carbons (Fsp3) is 0.263. The number of allylic oxidation sites excluding steroid dienone is 1. The van der Waals surface area contributed by atoms with E-state index in [1.54, 1.807) is 0 Å². The molecule has 2 aliphatic rings. The summed E-state index contributed by atoms with van der Waals surface area (Å²) in [6, 6.07) is 8.30. The van der Waals surface area contributed by atoms with Crippen LogP contribution in [-0.4, -0.2) is 31.1 Å². The molecule has 5 rings (SSSR count). The molecule has 1 atom stereocenters. The summed E-state index contributed by atoms with van der Waals surface area (Å²) >= 11 is 0. The van der Waals surface area contributed by atoms with Gasteiger partial charge in [-0.05, 0) is 38.5 Å². The van der Waals surface area contributed by atoms with Crippen LogP contribution < -0.4 is 10.2 Å². The van der Waals surface area contributed by atoms with Crippen LogP contribution in [0.15, 0.2) is 42.4 Å². The Bertz CT molecular complexity index is 1030. The fourth-order valence-corrected chi connectivity index (χ4v) is 3.73. The minimum atomic E-state index is 0.101. The van der Waals surface area contributed by atoms with Gasteiger partial charge < -0.3 is 10.2 Å². The Morgan fingerprint density at radius 2 is 1.81 bits per heavy atom. The minimum absolute atomic E-state index is 0.101. The molecule has 0 spiro atoms. The SMILES string of the molecule is Cc1cnc(C2=C3Cc4c(C)nnn4-c4ccccc4N3C(C)N2)nc1. The van der Waals surface area contributed by atoms with Crippen LogP contribution in [0.3, 0.4) is 0 Å². The standard InChI is InChI=1S/C19H19N7/c1-11-9-20-19(21-10-11)18-17-8-16-12(2)23-24-26(16)15-7-5-4-6-14(15)25(17)13(3)22-18/h4-7,9-10,13,22H,8H2,1-3H3. The second-order valence-electron chi connectivity index (χ2n) is 6.79. The first-order valence-electron chi connectivity index (χ1n) is 8.72. The number of hydrogen-bond donors (Lipinski definition) is 1. The summed E-state index contributed by atoms with van der Waals surface area (Å²) in [6.45, 7) is 6.15. The largest absolute Gasteiger partial charge is 0.361 e. The first-order chi connectivity index (χ1) is 12.6. The van der Waals surface area contributed by atoms with Crippen molar-refractivity contribution in [2.75, 3.05) is 4.90 Å². The molecular formula is C19H19N7. The van der Waals surface area contributed by atoms with E-state index < -0.39 is 0 Å². The summed E-state index contributed by atoms with van der Waals surface area (Å²) in [6.07, 6.45) is 4.53. The molecule has 0 saturated heterocycles. The third-order valence-corrected chi connectivity index (χ3v) is 4.99. The number of benzene rings is 1. The van der Waals surface area contributed by atoms with Crippen LogP contribution in [0.1, 0.15) is 29.7 Å². The van der Waals surface area contributed by atoms with Gasteiger partial charge in [-0.2, -0.15) is 0 Å². The van der Waals surface area contributed by atoms with E-state index in [-0.39, 0.29) is 6.17 Å². The molecule has 0 saturated carbocycles. The van der Waals surface area contributed by atoms with Gasteiger partial charge in [-0.15, -0.1) is 5.10 Å².